The second-order valence-corrected chi connectivity index (χ2v) is 6.12. The quantitative estimate of drug-likeness (QED) is 0.921. The van der Waals surface area contributed by atoms with Crippen molar-refractivity contribution in [2.75, 3.05) is 26.7 Å². The molecule has 2 heterocycles. The summed E-state index contributed by atoms with van der Waals surface area (Å²) in [4.78, 5) is 19.1. The van der Waals surface area contributed by atoms with Gasteiger partial charge >= 0.3 is 0 Å². The number of aromatic nitrogens is 1. The number of nitrogens with zero attached hydrogens (tertiary/aromatic N) is 2. The van der Waals surface area contributed by atoms with Gasteiger partial charge in [-0.25, -0.2) is 4.98 Å². The first-order valence-corrected chi connectivity index (χ1v) is 8.15. The number of nitrogens with one attached hydrogen (secondary N) is 1. The van der Waals surface area contributed by atoms with Gasteiger partial charge in [0, 0.05) is 18.7 Å². The third-order valence-corrected chi connectivity index (χ3v) is 4.31. The molecule has 1 amide bonds. The molecule has 1 aromatic carbocycles. The molecule has 1 saturated heterocycles. The first-order chi connectivity index (χ1) is 11.2. The number of carbonyl (C=O) groups is 1. The maximum absolute atomic E-state index is 12.8. The van der Waals surface area contributed by atoms with Crippen molar-refractivity contribution in [3.05, 3.63) is 41.8 Å². The summed E-state index contributed by atoms with van der Waals surface area (Å²) in [6.45, 7) is 4.34. The van der Waals surface area contributed by atoms with Gasteiger partial charge in [-0.15, -0.1) is 12.4 Å². The van der Waals surface area contributed by atoms with Crippen LogP contribution in [0.5, 0.6) is 0 Å². The Morgan fingerprint density at radius 2 is 2.12 bits per heavy atom. The Morgan fingerprint density at radius 1 is 1.38 bits per heavy atom. The lowest BCUT2D eigenvalue weighted by atomic mass is 9.98. The van der Waals surface area contributed by atoms with Crippen molar-refractivity contribution < 1.29 is 9.21 Å². The standard InChI is InChI=1S/C18H23N3O2.ClH/c1-13-16(23-17(20-13)15-8-4-3-5-9-15)18(22)21-10-6-7-14(12-21)11-19-2;/h3-5,8-9,14,19H,6-7,10-12H2,1-2H3;1H. The van der Waals surface area contributed by atoms with E-state index in [4.69, 9.17) is 4.42 Å². The Bertz CT molecular complexity index is 670. The predicted molar refractivity (Wildman–Crippen MR) is 96.5 cm³/mol. The van der Waals surface area contributed by atoms with Gasteiger partial charge in [0.05, 0.1) is 5.69 Å². The lowest BCUT2D eigenvalue weighted by Crippen LogP contribution is -2.42. The van der Waals surface area contributed by atoms with Crippen molar-refractivity contribution in [2.24, 2.45) is 5.92 Å². The highest BCUT2D eigenvalue weighted by Gasteiger charge is 2.28. The summed E-state index contributed by atoms with van der Waals surface area (Å²) < 4.78 is 5.79. The topological polar surface area (TPSA) is 58.4 Å². The Balaban J connectivity index is 0.00000208. The molecule has 0 aliphatic carbocycles. The molecule has 0 saturated carbocycles. The van der Waals surface area contributed by atoms with Crippen LogP contribution in [0.3, 0.4) is 0 Å². The molecule has 1 N–H and O–H groups in total. The number of carbonyl (C=O) groups excluding carboxylic acids is 1. The van der Waals surface area contributed by atoms with E-state index in [2.05, 4.69) is 10.3 Å². The summed E-state index contributed by atoms with van der Waals surface area (Å²) >= 11 is 0. The van der Waals surface area contributed by atoms with Crippen LogP contribution in [-0.2, 0) is 0 Å². The predicted octanol–water partition coefficient (Wildman–Crippen LogP) is 3.14. The molecule has 0 bridgehead atoms. The highest BCUT2D eigenvalue weighted by molar-refractivity contribution is 5.93. The van der Waals surface area contributed by atoms with E-state index in [-0.39, 0.29) is 18.3 Å². The van der Waals surface area contributed by atoms with E-state index in [1.165, 1.54) is 0 Å². The lowest BCUT2D eigenvalue weighted by molar-refractivity contribution is 0.0642. The molecule has 6 heteroatoms. The minimum absolute atomic E-state index is 0. The normalized spacial score (nSPS) is 17.4. The van der Waals surface area contributed by atoms with Gasteiger partial charge in [0.1, 0.15) is 0 Å². The molecule has 130 valence electrons. The minimum Gasteiger partial charge on any atom is -0.431 e. The van der Waals surface area contributed by atoms with E-state index >= 15 is 0 Å². The molecule has 0 radical (unpaired) electrons. The maximum Gasteiger partial charge on any atom is 0.291 e. The number of piperidine rings is 1. The lowest BCUT2D eigenvalue weighted by Gasteiger charge is -2.32. The number of oxazole rings is 1. The number of aryl methyl sites for hydroxylation is 1. The zero-order valence-corrected chi connectivity index (χ0v) is 14.9. The molecule has 5 nitrogen and oxygen atoms in total. The van der Waals surface area contributed by atoms with E-state index in [0.29, 0.717) is 23.3 Å². The molecular formula is C18H24ClN3O2. The van der Waals surface area contributed by atoms with Gasteiger partial charge in [-0.2, -0.15) is 0 Å². The van der Waals surface area contributed by atoms with Crippen LogP contribution >= 0.6 is 12.4 Å². The summed E-state index contributed by atoms with van der Waals surface area (Å²) in [6.07, 6.45) is 2.20. The molecular weight excluding hydrogens is 326 g/mol. The number of amides is 1. The number of likely N-dealkylation sites (tertiary alicyclic amines) is 1. The maximum atomic E-state index is 12.8. The molecule has 1 fully saturated rings. The van der Waals surface area contributed by atoms with Crippen LogP contribution < -0.4 is 5.32 Å². The van der Waals surface area contributed by atoms with Crippen molar-refractivity contribution in [3.63, 3.8) is 0 Å². The Labute approximate surface area is 148 Å². The van der Waals surface area contributed by atoms with Crippen LogP contribution in [0.4, 0.5) is 0 Å². The van der Waals surface area contributed by atoms with E-state index in [1.54, 1.807) is 0 Å². The second-order valence-electron chi connectivity index (χ2n) is 6.12. The zero-order chi connectivity index (χ0) is 16.2. The molecule has 1 unspecified atom stereocenters. The summed E-state index contributed by atoms with van der Waals surface area (Å²) in [5, 5.41) is 3.20. The monoisotopic (exact) mass is 349 g/mol. The van der Waals surface area contributed by atoms with Crippen LogP contribution in [0.1, 0.15) is 29.1 Å². The van der Waals surface area contributed by atoms with Crippen molar-refractivity contribution in [3.8, 4) is 11.5 Å². The molecule has 24 heavy (non-hydrogen) atoms. The summed E-state index contributed by atoms with van der Waals surface area (Å²) in [5.41, 5.74) is 1.55. The fraction of sp³-hybridized carbons (Fsp3) is 0.444. The van der Waals surface area contributed by atoms with Gasteiger partial charge in [0.2, 0.25) is 11.7 Å². The number of hydrogen-bond acceptors (Lipinski definition) is 4. The summed E-state index contributed by atoms with van der Waals surface area (Å²) in [7, 11) is 1.95. The highest BCUT2D eigenvalue weighted by atomic mass is 35.5. The first-order valence-electron chi connectivity index (χ1n) is 8.15. The Kier molecular flexibility index (Phi) is 6.40. The van der Waals surface area contributed by atoms with Crippen LogP contribution in [0, 0.1) is 12.8 Å². The Morgan fingerprint density at radius 3 is 2.83 bits per heavy atom. The van der Waals surface area contributed by atoms with E-state index in [0.717, 1.165) is 38.0 Å². The smallest absolute Gasteiger partial charge is 0.291 e. The molecule has 1 atom stereocenters. The van der Waals surface area contributed by atoms with Gasteiger partial charge < -0.3 is 14.6 Å². The average molecular weight is 350 g/mol. The van der Waals surface area contributed by atoms with E-state index < -0.39 is 0 Å². The molecule has 1 aliphatic rings. The highest BCUT2D eigenvalue weighted by Crippen LogP contribution is 2.24. The fourth-order valence-corrected chi connectivity index (χ4v) is 3.15. The van der Waals surface area contributed by atoms with Crippen LogP contribution in [0.2, 0.25) is 0 Å². The number of rotatable bonds is 4. The van der Waals surface area contributed by atoms with Crippen molar-refractivity contribution in [1.29, 1.82) is 0 Å². The molecule has 1 aromatic heterocycles. The van der Waals surface area contributed by atoms with Crippen molar-refractivity contribution >= 4 is 18.3 Å². The first kappa shape index (κ1) is 18.5. The van der Waals surface area contributed by atoms with E-state index in [1.807, 2.05) is 49.2 Å². The number of halogens is 1. The average Bonchev–Trinajstić information content (AvgIpc) is 2.97. The van der Waals surface area contributed by atoms with Crippen LogP contribution in [0.15, 0.2) is 34.7 Å². The molecule has 2 aromatic rings. The third kappa shape index (κ3) is 3.97. The molecule has 1 aliphatic heterocycles. The van der Waals surface area contributed by atoms with E-state index in [9.17, 15) is 4.79 Å². The molecule has 3 rings (SSSR count). The van der Waals surface area contributed by atoms with Gasteiger partial charge in [0.25, 0.3) is 5.91 Å². The van der Waals surface area contributed by atoms with Crippen molar-refractivity contribution in [2.45, 2.75) is 19.8 Å². The largest absolute Gasteiger partial charge is 0.431 e. The third-order valence-electron chi connectivity index (χ3n) is 4.31. The summed E-state index contributed by atoms with van der Waals surface area (Å²) in [6, 6.07) is 9.68. The molecule has 0 spiro atoms. The summed E-state index contributed by atoms with van der Waals surface area (Å²) in [5.74, 6) is 1.34. The Hall–Kier alpha value is -1.85. The van der Waals surface area contributed by atoms with Gasteiger partial charge in [-0.1, -0.05) is 18.2 Å². The van der Waals surface area contributed by atoms with Gasteiger partial charge in [0.15, 0.2) is 0 Å². The zero-order valence-electron chi connectivity index (χ0n) is 14.1. The number of hydrogen-bond donors (Lipinski definition) is 1. The van der Waals surface area contributed by atoms with Crippen LogP contribution in [-0.4, -0.2) is 42.5 Å². The van der Waals surface area contributed by atoms with Gasteiger partial charge in [-0.05, 0) is 51.4 Å². The van der Waals surface area contributed by atoms with Crippen LogP contribution in [0.25, 0.3) is 11.5 Å². The number of benzene rings is 1. The SMILES string of the molecule is CNCC1CCCN(C(=O)c2oc(-c3ccccc3)nc2C)C1.Cl. The second kappa shape index (κ2) is 8.31. The minimum atomic E-state index is -0.0435. The van der Waals surface area contributed by atoms with Gasteiger partial charge in [-0.3, -0.25) is 4.79 Å². The fourth-order valence-electron chi connectivity index (χ4n) is 3.15. The van der Waals surface area contributed by atoms with Crippen molar-refractivity contribution in [1.82, 2.24) is 15.2 Å².